The zero-order chi connectivity index (χ0) is 43.0. The van der Waals surface area contributed by atoms with Gasteiger partial charge in [-0.1, -0.05) is 195 Å². The minimum atomic E-state index is 0.561. The molecule has 1 aliphatic rings. The van der Waals surface area contributed by atoms with E-state index in [1.807, 2.05) is 0 Å². The minimum absolute atomic E-state index is 0.561. The number of para-hydroxylation sites is 1. The van der Waals surface area contributed by atoms with Gasteiger partial charge in [0.1, 0.15) is 23.5 Å². The van der Waals surface area contributed by atoms with E-state index in [0.29, 0.717) is 6.61 Å². The summed E-state index contributed by atoms with van der Waals surface area (Å²) >= 11 is 0. The van der Waals surface area contributed by atoms with E-state index in [1.165, 1.54) is 38.4 Å². The van der Waals surface area contributed by atoms with Crippen molar-refractivity contribution in [3.63, 3.8) is 0 Å². The number of allylic oxidation sites excluding steroid dienone is 2. The average molecular weight is 826 g/mol. The van der Waals surface area contributed by atoms with Gasteiger partial charge in [-0.25, -0.2) is 0 Å². The molecule has 0 saturated heterocycles. The Labute approximate surface area is 374 Å². The van der Waals surface area contributed by atoms with Crippen LogP contribution in [0.3, 0.4) is 0 Å². The summed E-state index contributed by atoms with van der Waals surface area (Å²) in [6.45, 7) is 5.01. The van der Waals surface area contributed by atoms with Gasteiger partial charge < -0.3 is 9.15 Å². The van der Waals surface area contributed by atoms with E-state index in [-0.39, 0.29) is 0 Å². The van der Waals surface area contributed by atoms with Crippen LogP contribution in [0.1, 0.15) is 55.4 Å². The molecule has 3 heteroatoms. The topological polar surface area (TPSA) is 34.7 Å². The van der Waals surface area contributed by atoms with Gasteiger partial charge in [-0.3, -0.25) is 4.99 Å². The molecule has 0 fully saturated rings. The summed E-state index contributed by atoms with van der Waals surface area (Å²) in [6.07, 6.45) is 7.29. The lowest BCUT2D eigenvalue weighted by Crippen LogP contribution is -2.06. The normalized spacial score (nSPS) is 13.1. The highest BCUT2D eigenvalue weighted by atomic mass is 16.5. The Kier molecular flexibility index (Phi) is 10.3. The largest absolute Gasteiger partial charge is 0.488 e. The molecule has 2 heterocycles. The van der Waals surface area contributed by atoms with Crippen molar-refractivity contribution in [1.82, 2.24) is 0 Å². The van der Waals surface area contributed by atoms with E-state index < -0.39 is 0 Å². The van der Waals surface area contributed by atoms with Crippen molar-refractivity contribution in [2.24, 2.45) is 4.99 Å². The number of nitrogens with zero attached hydrogens (tertiary/aromatic N) is 1. The molecule has 0 amide bonds. The zero-order valence-electron chi connectivity index (χ0n) is 36.1. The zero-order valence-corrected chi connectivity index (χ0v) is 36.1. The quantitative estimate of drug-likeness (QED) is 0.129. The van der Waals surface area contributed by atoms with Gasteiger partial charge in [0.25, 0.3) is 0 Å². The van der Waals surface area contributed by atoms with E-state index in [9.17, 15) is 0 Å². The summed E-state index contributed by atoms with van der Waals surface area (Å²) in [7, 11) is 0. The van der Waals surface area contributed by atoms with Crippen LogP contribution in [0.4, 0.5) is 0 Å². The van der Waals surface area contributed by atoms with Crippen LogP contribution in [0.25, 0.3) is 88.6 Å². The lowest BCUT2D eigenvalue weighted by atomic mass is 9.87. The van der Waals surface area contributed by atoms with Crippen LogP contribution in [0.5, 0.6) is 5.75 Å². The molecular formula is C61H47NO2. The second kappa shape index (κ2) is 16.8. The third-order valence-corrected chi connectivity index (χ3v) is 12.6. The molecule has 9 aromatic carbocycles. The van der Waals surface area contributed by atoms with Crippen molar-refractivity contribution < 1.29 is 9.15 Å². The van der Waals surface area contributed by atoms with Gasteiger partial charge in [-0.15, -0.1) is 0 Å². The van der Waals surface area contributed by atoms with Crippen molar-refractivity contribution in [1.29, 1.82) is 0 Å². The first-order valence-corrected chi connectivity index (χ1v) is 22.4. The van der Waals surface area contributed by atoms with Crippen LogP contribution >= 0.6 is 0 Å². The third kappa shape index (κ3) is 7.19. The van der Waals surface area contributed by atoms with Crippen LogP contribution in [-0.4, -0.2) is 5.71 Å². The van der Waals surface area contributed by atoms with Crippen LogP contribution in [0.2, 0.25) is 0 Å². The highest BCUT2D eigenvalue weighted by molar-refractivity contribution is 6.20. The number of furan rings is 1. The van der Waals surface area contributed by atoms with Gasteiger partial charge in [-0.05, 0) is 98.1 Å². The maximum absolute atomic E-state index is 6.90. The Morgan fingerprint density at radius 1 is 0.594 bits per heavy atom. The van der Waals surface area contributed by atoms with Gasteiger partial charge >= 0.3 is 0 Å². The SMILES string of the molecule is CCC/C=C(\N=C(C/C(C)=C\c1ccc2ccccc2c1)c1ccccc1)c1ccc(-c2ccc(-c3cccc4c3-c3ccccc3CO4)c3oc4ccccc4c23)c2ccccc12. The molecular weight excluding hydrogens is 779 g/mol. The summed E-state index contributed by atoms with van der Waals surface area (Å²) in [5.74, 6) is 0.896. The second-order valence-corrected chi connectivity index (χ2v) is 16.9. The van der Waals surface area contributed by atoms with Crippen molar-refractivity contribution >= 4 is 61.0 Å². The molecule has 1 aromatic heterocycles. The number of rotatable bonds is 10. The second-order valence-electron chi connectivity index (χ2n) is 16.9. The summed E-state index contributed by atoms with van der Waals surface area (Å²) in [6, 6.07) is 67.2. The van der Waals surface area contributed by atoms with Crippen LogP contribution in [-0.2, 0) is 6.61 Å². The molecule has 0 N–H and O–H groups in total. The molecule has 0 bridgehead atoms. The Balaban J connectivity index is 1.05. The molecule has 0 atom stereocenters. The molecule has 0 saturated carbocycles. The Hall–Kier alpha value is -7.75. The number of benzene rings is 9. The van der Waals surface area contributed by atoms with E-state index in [1.54, 1.807) is 0 Å². The summed E-state index contributed by atoms with van der Waals surface area (Å²) in [5, 5.41) is 7.03. The number of hydrogen-bond donors (Lipinski definition) is 0. The number of aliphatic imine (C=N–C) groups is 1. The maximum Gasteiger partial charge on any atom is 0.143 e. The minimum Gasteiger partial charge on any atom is -0.488 e. The number of hydrogen-bond acceptors (Lipinski definition) is 3. The molecule has 0 radical (unpaired) electrons. The van der Waals surface area contributed by atoms with Gasteiger partial charge in [0, 0.05) is 33.9 Å². The van der Waals surface area contributed by atoms with Crippen molar-refractivity contribution in [3.05, 3.63) is 222 Å². The maximum atomic E-state index is 6.90. The lowest BCUT2D eigenvalue weighted by molar-refractivity contribution is 0.302. The number of fused-ring (bicyclic) bond motifs is 8. The Morgan fingerprint density at radius 3 is 2.19 bits per heavy atom. The van der Waals surface area contributed by atoms with E-state index in [0.717, 1.165) is 103 Å². The Bertz CT molecular complexity index is 3490. The molecule has 3 nitrogen and oxygen atoms in total. The van der Waals surface area contributed by atoms with Gasteiger partial charge in [-0.2, -0.15) is 0 Å². The fourth-order valence-electron chi connectivity index (χ4n) is 9.60. The monoisotopic (exact) mass is 825 g/mol. The van der Waals surface area contributed by atoms with Crippen LogP contribution in [0.15, 0.2) is 209 Å². The summed E-state index contributed by atoms with van der Waals surface area (Å²) < 4.78 is 13.2. The molecule has 0 unspecified atom stereocenters. The first-order chi connectivity index (χ1) is 31.6. The van der Waals surface area contributed by atoms with Gasteiger partial charge in [0.15, 0.2) is 0 Å². The summed E-state index contributed by atoms with van der Waals surface area (Å²) in [4.78, 5) is 5.63. The third-order valence-electron chi connectivity index (χ3n) is 12.6. The van der Waals surface area contributed by atoms with E-state index >= 15 is 0 Å². The van der Waals surface area contributed by atoms with Crippen LogP contribution in [0, 0.1) is 0 Å². The Morgan fingerprint density at radius 2 is 1.31 bits per heavy atom. The molecule has 308 valence electrons. The predicted octanol–water partition coefficient (Wildman–Crippen LogP) is 16.9. The average Bonchev–Trinajstić information content (AvgIpc) is 3.74. The highest BCUT2D eigenvalue weighted by Gasteiger charge is 2.25. The predicted molar refractivity (Wildman–Crippen MR) is 270 cm³/mol. The van der Waals surface area contributed by atoms with Gasteiger partial charge in [0.05, 0.1) is 11.4 Å². The van der Waals surface area contributed by atoms with Crippen molar-refractivity contribution in [2.45, 2.75) is 39.7 Å². The van der Waals surface area contributed by atoms with Crippen molar-refractivity contribution in [2.75, 3.05) is 0 Å². The standard InChI is InChI=1S/C61H47NO2/c1-3-4-27-55(62-56(43-18-6-5-7-19-43)37-40(2)36-41-30-31-42-17-8-9-20-44(42)38-41)50-33-32-49(47-23-12-13-24-48(47)50)52-34-35-53(61-60(52)54-25-14-15-28-57(54)64-61)51-26-16-29-58-59(51)46-22-11-10-21-45(46)39-63-58/h5-36,38H,3-4,37,39H2,1-2H3/b40-36-,55-27-,62-56?. The number of unbranched alkanes of at least 4 members (excludes halogenated alkanes) is 1. The molecule has 1 aliphatic heterocycles. The smallest absolute Gasteiger partial charge is 0.143 e. The molecule has 0 aliphatic carbocycles. The number of ether oxygens (including phenoxy) is 1. The first kappa shape index (κ1) is 39.1. The fourth-order valence-corrected chi connectivity index (χ4v) is 9.60. The van der Waals surface area contributed by atoms with E-state index in [4.69, 9.17) is 14.1 Å². The fraction of sp³-hybridized carbons (Fsp3) is 0.0984. The van der Waals surface area contributed by atoms with Crippen molar-refractivity contribution in [3.8, 4) is 39.1 Å². The highest BCUT2D eigenvalue weighted by Crippen LogP contribution is 2.49. The molecule has 11 rings (SSSR count). The first-order valence-electron chi connectivity index (χ1n) is 22.4. The molecule has 0 spiro atoms. The lowest BCUT2D eigenvalue weighted by Gasteiger charge is -2.23. The van der Waals surface area contributed by atoms with E-state index in [2.05, 4.69) is 214 Å². The molecule has 10 aromatic rings. The van der Waals surface area contributed by atoms with Crippen LogP contribution < -0.4 is 4.74 Å². The molecule has 64 heavy (non-hydrogen) atoms. The summed E-state index contributed by atoms with van der Waals surface area (Å²) in [5.41, 5.74) is 16.4. The van der Waals surface area contributed by atoms with Gasteiger partial charge in [0.2, 0.25) is 0 Å².